The Balaban J connectivity index is 0.00000132. The second-order valence-electron chi connectivity index (χ2n) is 6.47. The van der Waals surface area contributed by atoms with Crippen LogP contribution in [0, 0.1) is 0 Å². The smallest absolute Gasteiger partial charge is 0.296 e. The number of methoxy groups -OCH3 is 1. The molecule has 4 aromatic rings. The molecule has 0 fully saturated rings. The van der Waals surface area contributed by atoms with Crippen molar-refractivity contribution in [2.24, 2.45) is 7.05 Å². The summed E-state index contributed by atoms with van der Waals surface area (Å²) in [4.78, 5) is 14.3. The number of nitrogen functional groups attached to an aromatic ring is 1. The van der Waals surface area contributed by atoms with E-state index >= 15 is 0 Å². The lowest BCUT2D eigenvalue weighted by Crippen LogP contribution is -2.00. The van der Waals surface area contributed by atoms with Gasteiger partial charge in [0.25, 0.3) is 6.01 Å². The van der Waals surface area contributed by atoms with Crippen LogP contribution in [0.3, 0.4) is 0 Å². The fourth-order valence-corrected chi connectivity index (χ4v) is 6.53. The number of rotatable bonds is 7. The molecule has 0 spiro atoms. The SMILES string of the molecule is CC.CCCCS(=O)c1sc2nc(-c3nccs3)cc(-c3cnc(OC)n3C)c2c1N. The Morgan fingerprint density at radius 1 is 1.29 bits per heavy atom. The topological polar surface area (TPSA) is 95.9 Å². The van der Waals surface area contributed by atoms with Gasteiger partial charge >= 0.3 is 0 Å². The highest BCUT2D eigenvalue weighted by molar-refractivity contribution is 7.87. The van der Waals surface area contributed by atoms with E-state index in [1.807, 2.05) is 36.9 Å². The molecule has 7 nitrogen and oxygen atoms in total. The minimum absolute atomic E-state index is 0.501. The number of pyridine rings is 1. The van der Waals surface area contributed by atoms with Gasteiger partial charge in [0.2, 0.25) is 0 Å². The molecule has 0 bridgehead atoms. The average Bonchev–Trinajstić information content (AvgIpc) is 3.52. The molecule has 0 aliphatic rings. The van der Waals surface area contributed by atoms with Gasteiger partial charge in [-0.2, -0.15) is 0 Å². The van der Waals surface area contributed by atoms with Gasteiger partial charge < -0.3 is 10.5 Å². The molecule has 31 heavy (non-hydrogen) atoms. The monoisotopic (exact) mass is 477 g/mol. The summed E-state index contributed by atoms with van der Waals surface area (Å²) >= 11 is 2.92. The molecule has 0 radical (unpaired) electrons. The summed E-state index contributed by atoms with van der Waals surface area (Å²) in [6.45, 7) is 6.08. The van der Waals surface area contributed by atoms with Gasteiger partial charge in [0.15, 0.2) is 0 Å². The van der Waals surface area contributed by atoms with Crippen LogP contribution in [0.5, 0.6) is 6.01 Å². The molecule has 166 valence electrons. The summed E-state index contributed by atoms with van der Waals surface area (Å²) in [7, 11) is 2.33. The molecule has 2 N–H and O–H groups in total. The molecular formula is C21H27N5O2S3. The Morgan fingerprint density at radius 3 is 2.68 bits per heavy atom. The first-order valence-electron chi connectivity index (χ1n) is 10.1. The van der Waals surface area contributed by atoms with Gasteiger partial charge in [0, 0.05) is 35.3 Å². The van der Waals surface area contributed by atoms with Gasteiger partial charge in [-0.05, 0) is 12.5 Å². The summed E-state index contributed by atoms with van der Waals surface area (Å²) in [6.07, 6.45) is 5.39. The van der Waals surface area contributed by atoms with Gasteiger partial charge in [0.05, 0.1) is 35.5 Å². The number of thiazole rings is 1. The molecule has 4 heterocycles. The zero-order valence-corrected chi connectivity index (χ0v) is 20.8. The van der Waals surface area contributed by atoms with Crippen LogP contribution in [0.4, 0.5) is 5.69 Å². The fraction of sp³-hybridized carbons (Fsp3) is 0.381. The number of aromatic nitrogens is 4. The third kappa shape index (κ3) is 4.51. The van der Waals surface area contributed by atoms with Crippen molar-refractivity contribution < 1.29 is 8.95 Å². The number of thiophene rings is 1. The van der Waals surface area contributed by atoms with Gasteiger partial charge in [-0.25, -0.2) is 15.0 Å². The third-order valence-corrected chi connectivity index (χ3v) is 8.40. The lowest BCUT2D eigenvalue weighted by molar-refractivity contribution is 0.367. The summed E-state index contributed by atoms with van der Waals surface area (Å²) in [5.41, 5.74) is 9.54. The Morgan fingerprint density at radius 2 is 2.06 bits per heavy atom. The first-order chi connectivity index (χ1) is 15.0. The van der Waals surface area contributed by atoms with E-state index in [9.17, 15) is 4.21 Å². The van der Waals surface area contributed by atoms with Crippen LogP contribution in [0.1, 0.15) is 33.6 Å². The van der Waals surface area contributed by atoms with Crippen molar-refractivity contribution in [3.8, 4) is 28.0 Å². The molecule has 0 amide bonds. The number of fused-ring (bicyclic) bond motifs is 1. The summed E-state index contributed by atoms with van der Waals surface area (Å²) < 4.78 is 20.7. The van der Waals surface area contributed by atoms with Crippen LogP contribution in [0.25, 0.3) is 32.2 Å². The maximum absolute atomic E-state index is 12.8. The van der Waals surface area contributed by atoms with Crippen LogP contribution in [0.15, 0.2) is 28.0 Å². The zero-order valence-electron chi connectivity index (χ0n) is 18.3. The molecule has 0 aliphatic heterocycles. The van der Waals surface area contributed by atoms with Crippen molar-refractivity contribution in [1.82, 2.24) is 19.5 Å². The molecule has 1 unspecified atom stereocenters. The standard InChI is InChI=1S/C19H21N5O2S3.C2H6/c1-4-5-8-29(25)18-15(20)14-11(13-10-22-19(26-3)24(13)2)9-12(23-17(14)28-18)16-21-6-7-27-16;1-2/h6-7,9-10H,4-5,8,20H2,1-3H3;1-2H3. The highest BCUT2D eigenvalue weighted by atomic mass is 32.2. The second kappa shape index (κ2) is 10.3. The fourth-order valence-electron chi connectivity index (χ4n) is 3.13. The highest BCUT2D eigenvalue weighted by Gasteiger charge is 2.23. The van der Waals surface area contributed by atoms with Crippen molar-refractivity contribution in [3.63, 3.8) is 0 Å². The average molecular weight is 478 g/mol. The summed E-state index contributed by atoms with van der Waals surface area (Å²) in [6, 6.07) is 2.47. The van der Waals surface area contributed by atoms with Gasteiger partial charge in [0.1, 0.15) is 19.7 Å². The molecule has 0 saturated heterocycles. The number of nitrogens with zero attached hydrogens (tertiary/aromatic N) is 4. The first-order valence-corrected chi connectivity index (χ1v) is 13.1. The molecule has 0 saturated carbocycles. The third-order valence-electron chi connectivity index (χ3n) is 4.61. The number of unbranched alkanes of at least 4 members (excludes halogenated alkanes) is 1. The normalized spacial score (nSPS) is 11.9. The summed E-state index contributed by atoms with van der Waals surface area (Å²) in [5.74, 6) is 0.599. The predicted octanol–water partition coefficient (Wildman–Crippen LogP) is 5.35. The Labute approximate surface area is 192 Å². The number of anilines is 1. The van der Waals surface area contributed by atoms with E-state index in [-0.39, 0.29) is 0 Å². The minimum atomic E-state index is -1.14. The minimum Gasteiger partial charge on any atom is -0.468 e. The van der Waals surface area contributed by atoms with Crippen LogP contribution < -0.4 is 10.5 Å². The Hall–Kier alpha value is -2.30. The second-order valence-corrected chi connectivity index (χ2v) is 10.1. The van der Waals surface area contributed by atoms with Crippen molar-refractivity contribution in [2.45, 2.75) is 37.8 Å². The lowest BCUT2D eigenvalue weighted by atomic mass is 10.1. The Bertz CT molecular complexity index is 1180. The largest absolute Gasteiger partial charge is 0.468 e. The number of nitrogens with two attached hydrogens (primary N) is 1. The van der Waals surface area contributed by atoms with Crippen molar-refractivity contribution in [3.05, 3.63) is 23.8 Å². The zero-order chi connectivity index (χ0) is 22.5. The quantitative estimate of drug-likeness (QED) is 0.386. The molecule has 0 aliphatic carbocycles. The predicted molar refractivity (Wildman–Crippen MR) is 131 cm³/mol. The van der Waals surface area contributed by atoms with Gasteiger partial charge in [-0.15, -0.1) is 22.7 Å². The first kappa shape index (κ1) is 23.4. The Kier molecular flexibility index (Phi) is 7.79. The highest BCUT2D eigenvalue weighted by Crippen LogP contribution is 2.43. The maximum atomic E-state index is 12.8. The van der Waals surface area contributed by atoms with Crippen molar-refractivity contribution in [2.75, 3.05) is 18.6 Å². The van der Waals surface area contributed by atoms with E-state index < -0.39 is 10.8 Å². The van der Waals surface area contributed by atoms with Crippen LogP contribution >= 0.6 is 22.7 Å². The lowest BCUT2D eigenvalue weighted by Gasteiger charge is -2.09. The number of ether oxygens (including phenoxy) is 1. The van der Waals surface area contributed by atoms with Crippen LogP contribution in [-0.4, -0.2) is 36.6 Å². The number of hydrogen-bond donors (Lipinski definition) is 1. The maximum Gasteiger partial charge on any atom is 0.296 e. The molecular weight excluding hydrogens is 450 g/mol. The molecule has 0 aromatic carbocycles. The molecule has 4 aromatic heterocycles. The van der Waals surface area contributed by atoms with Gasteiger partial charge in [-0.1, -0.05) is 27.2 Å². The van der Waals surface area contributed by atoms with Crippen LogP contribution in [0.2, 0.25) is 0 Å². The van der Waals surface area contributed by atoms with Crippen LogP contribution in [-0.2, 0) is 17.8 Å². The van der Waals surface area contributed by atoms with Crippen molar-refractivity contribution >= 4 is 49.4 Å². The van der Waals surface area contributed by atoms with E-state index in [4.69, 9.17) is 15.5 Å². The van der Waals surface area contributed by atoms with E-state index in [1.54, 1.807) is 19.5 Å². The summed E-state index contributed by atoms with van der Waals surface area (Å²) in [5, 5.41) is 3.55. The van der Waals surface area contributed by atoms with E-state index in [0.717, 1.165) is 45.0 Å². The number of imidazole rings is 1. The van der Waals surface area contributed by atoms with Gasteiger partial charge in [-0.3, -0.25) is 8.78 Å². The van der Waals surface area contributed by atoms with E-state index in [2.05, 4.69) is 16.9 Å². The van der Waals surface area contributed by atoms with E-state index in [0.29, 0.717) is 21.7 Å². The number of hydrogen-bond acceptors (Lipinski definition) is 8. The van der Waals surface area contributed by atoms with E-state index in [1.165, 1.54) is 22.7 Å². The molecule has 4 rings (SSSR count). The van der Waals surface area contributed by atoms with Crippen molar-refractivity contribution in [1.29, 1.82) is 0 Å². The molecule has 10 heteroatoms. The molecule has 1 atom stereocenters.